The number of nitrogens with zero attached hydrogens (tertiary/aromatic N) is 1. The standard InChI is InChI=1S/C21H29N3O10S/c1-10-2-5-12(6-3-10)35(31,32)23-21(30)22-24-8-11-4-7-14(13(11)9-24)33-20-17(27)15(25)16(26)18(34-20)19(28)29/h2-3,5-6,11,13-18,20,25-27H,4,7-9H2,1H3,(H,28,29)(H2,22,23,30). The minimum atomic E-state index is -4.04. The van der Waals surface area contributed by atoms with Crippen molar-refractivity contribution < 1.29 is 47.9 Å². The van der Waals surface area contributed by atoms with Gasteiger partial charge in [0.15, 0.2) is 12.4 Å². The maximum absolute atomic E-state index is 12.4. The second-order valence-electron chi connectivity index (χ2n) is 9.18. The lowest BCUT2D eigenvalue weighted by atomic mass is 9.97. The van der Waals surface area contributed by atoms with E-state index in [1.165, 1.54) is 12.1 Å². The van der Waals surface area contributed by atoms with Gasteiger partial charge in [-0.3, -0.25) is 5.43 Å². The molecule has 2 amide bonds. The predicted molar refractivity (Wildman–Crippen MR) is 117 cm³/mol. The van der Waals surface area contributed by atoms with Gasteiger partial charge in [-0.1, -0.05) is 17.7 Å². The molecule has 4 rings (SSSR count). The van der Waals surface area contributed by atoms with E-state index in [0.29, 0.717) is 25.9 Å². The van der Waals surface area contributed by atoms with Crippen molar-refractivity contribution in [2.45, 2.75) is 61.5 Å². The number of hydrogen-bond acceptors (Lipinski definition) is 10. The van der Waals surface area contributed by atoms with E-state index in [9.17, 15) is 38.4 Å². The average Bonchev–Trinajstić information content (AvgIpc) is 3.34. The Morgan fingerprint density at radius 1 is 1.06 bits per heavy atom. The summed E-state index contributed by atoms with van der Waals surface area (Å²) in [4.78, 5) is 23.6. The number of aliphatic carboxylic acids is 1. The number of carboxylic acids is 1. The first-order chi connectivity index (χ1) is 16.5. The molecule has 13 nitrogen and oxygen atoms in total. The van der Waals surface area contributed by atoms with Crippen LogP contribution in [0.3, 0.4) is 0 Å². The second kappa shape index (κ2) is 9.97. The molecule has 8 atom stereocenters. The summed E-state index contributed by atoms with van der Waals surface area (Å²) < 4.78 is 37.9. The molecule has 6 N–H and O–H groups in total. The Balaban J connectivity index is 1.33. The summed E-state index contributed by atoms with van der Waals surface area (Å²) in [6.07, 6.45) is -7.59. The summed E-state index contributed by atoms with van der Waals surface area (Å²) in [5.74, 6) is -1.52. The van der Waals surface area contributed by atoms with Gasteiger partial charge < -0.3 is 29.9 Å². The van der Waals surface area contributed by atoms with Gasteiger partial charge >= 0.3 is 12.0 Å². The molecular formula is C21H29N3O10S. The summed E-state index contributed by atoms with van der Waals surface area (Å²) >= 11 is 0. The van der Waals surface area contributed by atoms with Crippen molar-refractivity contribution in [3.8, 4) is 0 Å². The molecule has 1 aromatic carbocycles. The van der Waals surface area contributed by atoms with Crippen LogP contribution in [0.25, 0.3) is 0 Å². The fourth-order valence-corrected chi connectivity index (χ4v) is 5.78. The first-order valence-electron chi connectivity index (χ1n) is 11.2. The normalized spacial score (nSPS) is 35.4. The molecule has 3 aliphatic rings. The highest BCUT2D eigenvalue weighted by atomic mass is 32.2. The third kappa shape index (κ3) is 5.43. The van der Waals surface area contributed by atoms with Crippen molar-refractivity contribution in [2.75, 3.05) is 13.1 Å². The number of hydrogen-bond donors (Lipinski definition) is 6. The smallest absolute Gasteiger partial charge is 0.343 e. The Kier molecular flexibility index (Phi) is 7.33. The molecule has 194 valence electrons. The SMILES string of the molecule is Cc1ccc(S(=O)(=O)NC(=O)NN2CC3CCC(OC4OC(C(=O)O)C(O)C(O)C4O)C3C2)cc1. The van der Waals surface area contributed by atoms with Crippen LogP contribution in [-0.4, -0.2) is 95.8 Å². The van der Waals surface area contributed by atoms with Gasteiger partial charge in [-0.05, 0) is 37.8 Å². The summed E-state index contributed by atoms with van der Waals surface area (Å²) in [5.41, 5.74) is 3.41. The van der Waals surface area contributed by atoms with Crippen LogP contribution < -0.4 is 10.1 Å². The Hall–Kier alpha value is -2.33. The van der Waals surface area contributed by atoms with E-state index in [1.54, 1.807) is 17.1 Å². The highest BCUT2D eigenvalue weighted by molar-refractivity contribution is 7.90. The Morgan fingerprint density at radius 3 is 2.40 bits per heavy atom. The maximum atomic E-state index is 12.4. The van der Waals surface area contributed by atoms with E-state index in [2.05, 4.69) is 5.43 Å². The van der Waals surface area contributed by atoms with E-state index in [1.807, 2.05) is 11.6 Å². The van der Waals surface area contributed by atoms with Gasteiger partial charge in [-0.15, -0.1) is 0 Å². The quantitative estimate of drug-likeness (QED) is 0.258. The van der Waals surface area contributed by atoms with Gasteiger partial charge in [-0.2, -0.15) is 0 Å². The number of fused-ring (bicyclic) bond motifs is 1. The molecule has 3 fully saturated rings. The molecule has 2 heterocycles. The molecule has 1 saturated carbocycles. The van der Waals surface area contributed by atoms with E-state index in [-0.39, 0.29) is 16.7 Å². The first-order valence-corrected chi connectivity index (χ1v) is 12.7. The average molecular weight is 516 g/mol. The minimum Gasteiger partial charge on any atom is -0.479 e. The zero-order valence-electron chi connectivity index (χ0n) is 18.9. The molecule has 35 heavy (non-hydrogen) atoms. The number of carbonyl (C=O) groups excluding carboxylic acids is 1. The number of ether oxygens (including phenoxy) is 2. The zero-order chi connectivity index (χ0) is 25.5. The van der Waals surface area contributed by atoms with Crippen LogP contribution in [0.15, 0.2) is 29.2 Å². The number of nitrogens with one attached hydrogen (secondary N) is 2. The Bertz CT molecular complexity index is 1050. The topological polar surface area (TPSA) is 195 Å². The number of amides is 2. The molecule has 0 spiro atoms. The number of urea groups is 1. The van der Waals surface area contributed by atoms with Crippen LogP contribution in [0.2, 0.25) is 0 Å². The van der Waals surface area contributed by atoms with Crippen molar-refractivity contribution in [2.24, 2.45) is 11.8 Å². The van der Waals surface area contributed by atoms with E-state index < -0.39 is 58.8 Å². The van der Waals surface area contributed by atoms with Gasteiger partial charge in [0.05, 0.1) is 11.0 Å². The zero-order valence-corrected chi connectivity index (χ0v) is 19.7. The fraction of sp³-hybridized carbons (Fsp3) is 0.619. The van der Waals surface area contributed by atoms with Crippen molar-refractivity contribution >= 4 is 22.0 Å². The number of benzene rings is 1. The monoisotopic (exact) mass is 515 g/mol. The van der Waals surface area contributed by atoms with Crippen LogP contribution in [0, 0.1) is 18.8 Å². The van der Waals surface area contributed by atoms with Crippen LogP contribution in [0.4, 0.5) is 4.79 Å². The predicted octanol–water partition coefficient (Wildman–Crippen LogP) is -1.48. The third-order valence-electron chi connectivity index (χ3n) is 6.73. The summed E-state index contributed by atoms with van der Waals surface area (Å²) in [6.45, 7) is 2.58. The lowest BCUT2D eigenvalue weighted by Gasteiger charge is -2.40. The molecule has 1 aromatic rings. The first kappa shape index (κ1) is 25.8. The number of carbonyl (C=O) groups is 2. The largest absolute Gasteiger partial charge is 0.479 e. The maximum Gasteiger partial charge on any atom is 0.343 e. The minimum absolute atomic E-state index is 0.0389. The third-order valence-corrected chi connectivity index (χ3v) is 8.08. The number of aliphatic hydroxyl groups is 3. The molecule has 2 saturated heterocycles. The lowest BCUT2D eigenvalue weighted by molar-refractivity contribution is -0.306. The van der Waals surface area contributed by atoms with Crippen LogP contribution >= 0.6 is 0 Å². The molecule has 8 unspecified atom stereocenters. The number of carboxylic acid groups (broad SMARTS) is 1. The number of hydrazine groups is 1. The summed E-state index contributed by atoms with van der Waals surface area (Å²) in [7, 11) is -4.04. The molecule has 0 aromatic heterocycles. The van der Waals surface area contributed by atoms with Gasteiger partial charge in [0.25, 0.3) is 10.0 Å². The molecular weight excluding hydrogens is 486 g/mol. The van der Waals surface area contributed by atoms with Crippen LogP contribution in [0.5, 0.6) is 0 Å². The van der Waals surface area contributed by atoms with Crippen molar-refractivity contribution in [1.29, 1.82) is 0 Å². The van der Waals surface area contributed by atoms with Crippen molar-refractivity contribution in [1.82, 2.24) is 15.2 Å². The lowest BCUT2D eigenvalue weighted by Crippen LogP contribution is -2.61. The number of rotatable bonds is 6. The highest BCUT2D eigenvalue weighted by Crippen LogP contribution is 2.40. The fourth-order valence-electron chi connectivity index (χ4n) is 4.88. The summed E-state index contributed by atoms with van der Waals surface area (Å²) in [5, 5.41) is 40.8. The van der Waals surface area contributed by atoms with Gasteiger partial charge in [-0.25, -0.2) is 27.7 Å². The number of aryl methyl sites for hydroxylation is 1. The van der Waals surface area contributed by atoms with Gasteiger partial charge in [0.1, 0.15) is 18.3 Å². The number of sulfonamides is 1. The Labute approximate surface area is 201 Å². The molecule has 1 aliphatic carbocycles. The van der Waals surface area contributed by atoms with Gasteiger partial charge in [0, 0.05) is 19.0 Å². The highest BCUT2D eigenvalue weighted by Gasteiger charge is 2.51. The van der Waals surface area contributed by atoms with E-state index in [0.717, 1.165) is 5.56 Å². The molecule has 14 heteroatoms. The second-order valence-corrected chi connectivity index (χ2v) is 10.9. The summed E-state index contributed by atoms with van der Waals surface area (Å²) in [6, 6.07) is 5.15. The van der Waals surface area contributed by atoms with Crippen LogP contribution in [-0.2, 0) is 24.3 Å². The molecule has 0 bridgehead atoms. The van der Waals surface area contributed by atoms with Crippen molar-refractivity contribution in [3.05, 3.63) is 29.8 Å². The van der Waals surface area contributed by atoms with Crippen molar-refractivity contribution in [3.63, 3.8) is 0 Å². The van der Waals surface area contributed by atoms with E-state index in [4.69, 9.17) is 9.47 Å². The Morgan fingerprint density at radius 2 is 1.74 bits per heavy atom. The van der Waals surface area contributed by atoms with E-state index >= 15 is 0 Å². The molecule has 0 radical (unpaired) electrons. The number of aliphatic hydroxyl groups excluding tert-OH is 3. The molecule has 2 aliphatic heterocycles. The van der Waals surface area contributed by atoms with Gasteiger partial charge in [0.2, 0.25) is 0 Å². The van der Waals surface area contributed by atoms with Crippen LogP contribution in [0.1, 0.15) is 18.4 Å².